The lowest BCUT2D eigenvalue weighted by Gasteiger charge is -2.26. The molecular weight excluding hydrogens is 2020 g/mol. The van der Waals surface area contributed by atoms with Gasteiger partial charge >= 0.3 is 40.8 Å². The van der Waals surface area contributed by atoms with Crippen molar-refractivity contribution in [1.82, 2.24) is 74.3 Å². The summed E-state index contributed by atoms with van der Waals surface area (Å²) >= 11 is 0. The van der Waals surface area contributed by atoms with Gasteiger partial charge in [-0.3, -0.25) is 79.8 Å². The molecule has 4 amide bonds. The number of amides is 4. The van der Waals surface area contributed by atoms with Crippen molar-refractivity contribution in [3.8, 4) is 47.4 Å². The van der Waals surface area contributed by atoms with E-state index in [0.717, 1.165) is 130 Å². The van der Waals surface area contributed by atoms with Crippen LogP contribution in [0.2, 0.25) is 0 Å². The van der Waals surface area contributed by atoms with Crippen LogP contribution in [0.1, 0.15) is 227 Å². The first kappa shape index (κ1) is 119. The zero-order valence-electron chi connectivity index (χ0n) is 83.7. The van der Waals surface area contributed by atoms with Crippen LogP contribution in [-0.2, 0) is 95.0 Å². The molecule has 50 nitrogen and oxygen atoms in total. The summed E-state index contributed by atoms with van der Waals surface area (Å²) in [5.74, 6) is 14.7. The maximum atomic E-state index is 14.7. The highest BCUT2D eigenvalue weighted by Gasteiger charge is 2.50. The van der Waals surface area contributed by atoms with Crippen LogP contribution >= 0.6 is 23.5 Å². The molecule has 0 saturated carbocycles. The fourth-order valence-corrected chi connectivity index (χ4v) is 20.8. The summed E-state index contributed by atoms with van der Waals surface area (Å²) < 4.78 is 113. The van der Waals surface area contributed by atoms with Gasteiger partial charge in [0, 0.05) is 107 Å². The molecule has 0 radical (unpaired) electrons. The van der Waals surface area contributed by atoms with E-state index in [0.29, 0.717) is 38.9 Å². The minimum Gasteiger partial charge on any atom is -0.480 e. The number of fused-ring (bicyclic) bond motifs is 2. The number of benzene rings is 1. The highest BCUT2D eigenvalue weighted by atomic mass is 31.2. The molecule has 0 aliphatic carbocycles. The highest BCUT2D eigenvalue weighted by molar-refractivity contribution is 7.48. The number of phosphoric ester groups is 3. The Balaban J connectivity index is 0.689. The van der Waals surface area contributed by atoms with Crippen LogP contribution in [0.25, 0.3) is 22.1 Å². The van der Waals surface area contributed by atoms with Gasteiger partial charge < -0.3 is 122 Å². The molecule has 4 fully saturated rings. The summed E-state index contributed by atoms with van der Waals surface area (Å²) in [5, 5.41) is 70.3. The molecule has 0 bridgehead atoms. The summed E-state index contributed by atoms with van der Waals surface area (Å²) in [4.78, 5) is 177. The second kappa shape index (κ2) is 59.1. The van der Waals surface area contributed by atoms with Crippen LogP contribution in [0.4, 0.5) is 17.6 Å². The minimum absolute atomic E-state index is 0.00278. The zero-order chi connectivity index (χ0) is 108. The molecule has 0 spiro atoms. The lowest BCUT2D eigenvalue weighted by molar-refractivity contribution is -0.139. The fourth-order valence-electron chi connectivity index (χ4n) is 17.9. The van der Waals surface area contributed by atoms with Gasteiger partial charge in [-0.1, -0.05) is 181 Å². The number of aliphatic hydroxyl groups excluding tert-OH is 5. The molecule has 150 heavy (non-hydrogen) atoms. The van der Waals surface area contributed by atoms with E-state index in [4.69, 9.17) is 68.0 Å². The number of hydrogen-bond donors (Lipinski definition) is 18. The summed E-state index contributed by atoms with van der Waals surface area (Å²) in [6.45, 7) is -2.35. The van der Waals surface area contributed by atoms with E-state index >= 15 is 0 Å². The van der Waals surface area contributed by atoms with E-state index < -0.39 is 215 Å². The number of carbonyl (C=O) groups is 5. The second-order valence-corrected chi connectivity index (χ2v) is 41.1. The molecule has 53 heteroatoms. The molecule has 820 valence electrons. The van der Waals surface area contributed by atoms with Gasteiger partial charge in [-0.2, -0.15) is 9.97 Å². The lowest BCUT2D eigenvalue weighted by atomic mass is 9.82. The number of nitrogen functional groups attached to an aromatic ring is 3. The smallest absolute Gasteiger partial charge is 0.472 e. The molecule has 4 saturated heterocycles. The highest BCUT2D eigenvalue weighted by Crippen LogP contribution is 2.55. The Kier molecular flexibility index (Phi) is 46.8. The molecule has 1 aromatic carbocycles. The molecular formula is C97H135N18O32P3. The van der Waals surface area contributed by atoms with E-state index in [-0.39, 0.29) is 138 Å². The van der Waals surface area contributed by atoms with Crippen LogP contribution in [0.5, 0.6) is 0 Å². The average molecular weight is 2160 g/mol. The third kappa shape index (κ3) is 36.2. The number of rotatable bonds is 59. The van der Waals surface area contributed by atoms with Crippen LogP contribution in [0.3, 0.4) is 0 Å². The molecule has 4 aliphatic rings. The maximum absolute atomic E-state index is 14.7. The number of aromatic amines is 2. The van der Waals surface area contributed by atoms with E-state index in [1.807, 2.05) is 56.3 Å². The number of H-pyrrole nitrogens is 2. The molecule has 6 aromatic heterocycles. The Bertz CT molecular complexity index is 6380. The second-order valence-electron chi connectivity index (χ2n) is 36.9. The maximum Gasteiger partial charge on any atom is 0.472 e. The van der Waals surface area contributed by atoms with Crippen molar-refractivity contribution < 1.29 is 134 Å². The Hall–Kier alpha value is -11.3. The predicted molar refractivity (Wildman–Crippen MR) is 541 cm³/mol. The van der Waals surface area contributed by atoms with Crippen molar-refractivity contribution >= 4 is 92.7 Å². The molecule has 18 atom stereocenters. The molecule has 7 unspecified atom stereocenters. The number of phosphoric acid groups is 3. The number of nitrogens with two attached hydrogens (primary N) is 3. The predicted octanol–water partition coefficient (Wildman–Crippen LogP) is 3.89. The van der Waals surface area contributed by atoms with Crippen molar-refractivity contribution in [2.75, 3.05) is 117 Å². The van der Waals surface area contributed by atoms with Crippen LogP contribution < -0.4 is 61.0 Å². The van der Waals surface area contributed by atoms with E-state index in [1.54, 1.807) is 0 Å². The van der Waals surface area contributed by atoms with Gasteiger partial charge in [-0.25, -0.2) is 33.3 Å². The van der Waals surface area contributed by atoms with Gasteiger partial charge in [0.25, 0.3) is 11.1 Å². The summed E-state index contributed by atoms with van der Waals surface area (Å²) in [6.07, 6.45) is 3.47. The van der Waals surface area contributed by atoms with Crippen molar-refractivity contribution in [2.24, 2.45) is 17.8 Å². The number of aromatic nitrogens is 10. The van der Waals surface area contributed by atoms with Gasteiger partial charge in [-0.15, -0.1) is 0 Å². The number of anilines is 3. The summed E-state index contributed by atoms with van der Waals surface area (Å²) in [6, 6.07) is 9.37. The van der Waals surface area contributed by atoms with E-state index in [9.17, 15) is 102 Å². The number of nitrogens with one attached hydrogen (secondary N) is 6. The van der Waals surface area contributed by atoms with Crippen LogP contribution in [0, 0.1) is 65.1 Å². The van der Waals surface area contributed by atoms with Gasteiger partial charge in [0.2, 0.25) is 29.6 Å². The number of carboxylic acid groups (broad SMARTS) is 1. The summed E-state index contributed by atoms with van der Waals surface area (Å²) in [5.41, 5.74) is 15.7. The number of unbranched alkanes of at least 4 members (excludes halogenated alkanes) is 15. The first-order valence-electron chi connectivity index (χ1n) is 50.0. The number of aliphatic hydroxyl groups is 5. The van der Waals surface area contributed by atoms with Crippen molar-refractivity contribution in [3.05, 3.63) is 131 Å². The number of carbonyl (C=O) groups excluding carboxylic acids is 4. The van der Waals surface area contributed by atoms with Gasteiger partial charge in [0.1, 0.15) is 130 Å². The van der Waals surface area contributed by atoms with Crippen molar-refractivity contribution in [3.63, 3.8) is 0 Å². The first-order valence-corrected chi connectivity index (χ1v) is 54.5. The first-order chi connectivity index (χ1) is 72.0. The number of nitrogens with zero attached hydrogens (tertiary/aromatic N) is 9. The fraction of sp³-hybridized carbons (Fsp3) is 0.598. The zero-order valence-corrected chi connectivity index (χ0v) is 86.4. The Morgan fingerprint density at radius 1 is 0.513 bits per heavy atom. The summed E-state index contributed by atoms with van der Waals surface area (Å²) in [7, 11) is -12.7. The monoisotopic (exact) mass is 2160 g/mol. The van der Waals surface area contributed by atoms with E-state index in [1.165, 1.54) is 21.5 Å². The Morgan fingerprint density at radius 3 is 1.54 bits per heavy atom. The lowest BCUT2D eigenvalue weighted by Crippen LogP contribution is -2.41. The number of carboxylic acids is 1. The number of aliphatic carboxylic acids is 1. The van der Waals surface area contributed by atoms with Gasteiger partial charge in [0.15, 0.2) is 5.65 Å². The average Bonchev–Trinajstić information content (AvgIpc) is 1.60. The third-order valence-corrected chi connectivity index (χ3v) is 28.6. The third-order valence-electron chi connectivity index (χ3n) is 25.5. The molecule has 4 aliphatic heterocycles. The molecule has 11 rings (SSSR count). The molecule has 7 aromatic rings. The van der Waals surface area contributed by atoms with Crippen LogP contribution in [-0.4, -0.2) is 277 Å². The Labute approximate surface area is 863 Å². The topological polar surface area (TPSA) is 721 Å². The normalized spacial score (nSPS) is 21.3. The van der Waals surface area contributed by atoms with Crippen LogP contribution in [0.15, 0.2) is 80.6 Å². The largest absolute Gasteiger partial charge is 0.480 e. The molecule has 10 heterocycles. The van der Waals surface area contributed by atoms with Gasteiger partial charge in [0.05, 0.1) is 60.0 Å². The number of ether oxygens (including phenoxy) is 5. The van der Waals surface area contributed by atoms with Crippen molar-refractivity contribution in [1.29, 1.82) is 0 Å². The van der Waals surface area contributed by atoms with Gasteiger partial charge in [-0.05, 0) is 58.2 Å². The minimum atomic E-state index is -5.59. The van der Waals surface area contributed by atoms with Crippen molar-refractivity contribution in [2.45, 2.75) is 254 Å². The number of likely N-dealkylation sites (N-methyl/N-ethyl adjacent to an activating group) is 1. The standard InChI is InChI=1S/C97H135N18O32P3/c1-4-5-37-101-78(121)36-35-64(91(125)103-51-62-28-20-19-21-29-62)46-69(92(126)102-38-39-111(2)3)45-63(90(124)104-52-83(122)123)30-22-17-15-13-11-9-7-6-8-10-12-14-16-18-23-44-137-57-75-71(48-81(142-75)113-54-66(32-25-41-117)85-89(113)108-95(100)109-94(85)128)145-149(133,134)139-59-76-72(49-80(143-76)112-53-65(31-24-40-116)84-87(99)105-61-106-88(84)112)146-150(135,136)140-60-77-73(50-82(144-77)114-55-67(33-26-42-118)86(98)107-96(114)129)147-148(131,132)138-58-74-70(120)47-79(141-74)115-56-68(34-27-43-119)93(127)110-97(115)130/h19-21,28-29,53-56,61,63-64,69-77,79-82,116-120H,4-18,22-23,30,35-52,57-60H2,1-3H3,(H,101,121)(H,102,126)(H,103,125)(H,104,124)(H,122,123)(H,131,132)(H,133,134)(H,135,136)(H2,98,107,129)(H2,99,105,106)(H,110,127,130)(H3,100,108,109,128)/t63?,64?,69?,70?,71-,72-,73-,74-,75-,76-,77-,79-,80-,81-,82-/m1/s1. The van der Waals surface area contributed by atoms with E-state index in [2.05, 4.69) is 98.5 Å². The SMILES string of the molecule is CCCCNC(=O)CCC(CC(CC(CCCCCCCCCCCCCCCCCOC[C@H]1O[C@@H](n2cc(C#CCO)c3c(=O)[nH]c(N)nc32)C[C@H]1OP(=O)(O)OC[C@H]1O[C@@H](n2cc(C#CCO)c3c(N)ncnc32)C[C@H]1OP(=O)(O)OC[C@H]1O[C@@H](n2cc(C#CCO)c(N)nc2=O)C[C@H]1OP(=O)(O)OC[C@H]1O[C@@H](n2cc(C#CCO)c(=O)[nH]c2=O)CC1O)C(=O)NCC(=O)O)C(=O)NCCN(C)C)C(=O)NCc1ccccc1. The quantitative estimate of drug-likeness (QED) is 0.0146. The number of hydrogen-bond acceptors (Lipinski definition) is 36. The molecule has 21 N–H and O–H groups in total. The Morgan fingerprint density at radius 2 is 0.987 bits per heavy atom.